The highest BCUT2D eigenvalue weighted by atomic mass is 32.1. The van der Waals surface area contributed by atoms with Gasteiger partial charge in [-0.15, -0.1) is 11.3 Å². The van der Waals surface area contributed by atoms with Gasteiger partial charge in [0, 0.05) is 43.2 Å². The second-order valence-corrected chi connectivity index (χ2v) is 23.1. The van der Waals surface area contributed by atoms with Crippen molar-refractivity contribution < 1.29 is 0 Å². The van der Waals surface area contributed by atoms with Crippen LogP contribution in [0.15, 0.2) is 103 Å². The van der Waals surface area contributed by atoms with Crippen molar-refractivity contribution in [2.75, 3.05) is 10.2 Å². The summed E-state index contributed by atoms with van der Waals surface area (Å²) in [6.07, 6.45) is 2.39. The van der Waals surface area contributed by atoms with E-state index in [1.165, 1.54) is 128 Å². The number of anilines is 5. The van der Waals surface area contributed by atoms with Crippen molar-refractivity contribution in [2.45, 2.75) is 125 Å². The van der Waals surface area contributed by atoms with Gasteiger partial charge in [-0.2, -0.15) is 0 Å². The fraction of sp³-hybridized carbons (Fsp3) is 0.333. The zero-order valence-electron chi connectivity index (χ0n) is 38.7. The van der Waals surface area contributed by atoms with Crippen LogP contribution in [-0.4, -0.2) is 6.71 Å². The van der Waals surface area contributed by atoms with Crippen LogP contribution in [-0.2, 0) is 21.7 Å². The zero-order valence-corrected chi connectivity index (χ0v) is 39.5. The number of hydrogen-bond acceptors (Lipinski definition) is 3. The van der Waals surface area contributed by atoms with Gasteiger partial charge in [-0.3, -0.25) is 0 Å². The van der Waals surface area contributed by atoms with E-state index >= 15 is 0 Å². The third-order valence-electron chi connectivity index (χ3n) is 14.5. The predicted molar refractivity (Wildman–Crippen MR) is 269 cm³/mol. The molecule has 1 N–H and O–H groups in total. The summed E-state index contributed by atoms with van der Waals surface area (Å²) in [5.41, 5.74) is 24.0. The Hall–Kier alpha value is -5.06. The third kappa shape index (κ3) is 6.33. The lowest BCUT2D eigenvalue weighted by Crippen LogP contribution is -2.59. The maximum Gasteiger partial charge on any atom is 0.264 e. The molecular formula is C57H61BN2S. The molecule has 4 heteroatoms. The molecule has 0 radical (unpaired) electrons. The zero-order chi connectivity index (χ0) is 43.1. The molecule has 0 unspecified atom stereocenters. The summed E-state index contributed by atoms with van der Waals surface area (Å²) in [6.45, 7) is 30.6. The normalized spacial score (nSPS) is 16.1. The van der Waals surface area contributed by atoms with Crippen molar-refractivity contribution in [3.05, 3.63) is 142 Å². The monoisotopic (exact) mass is 816 g/mol. The van der Waals surface area contributed by atoms with Crippen LogP contribution >= 0.6 is 11.3 Å². The first-order chi connectivity index (χ1) is 28.7. The molecule has 3 aliphatic rings. The average molecular weight is 817 g/mol. The topological polar surface area (TPSA) is 15.3 Å². The summed E-state index contributed by atoms with van der Waals surface area (Å²) in [6, 6.07) is 40.6. The molecule has 0 amide bonds. The highest BCUT2D eigenvalue weighted by molar-refractivity contribution is 7.33. The maximum atomic E-state index is 4.18. The Morgan fingerprint density at radius 1 is 0.639 bits per heavy atom. The number of rotatable bonds is 3. The fourth-order valence-electron chi connectivity index (χ4n) is 10.7. The molecule has 1 aliphatic carbocycles. The number of nitrogens with zero attached hydrogens (tertiary/aromatic N) is 1. The largest absolute Gasteiger partial charge is 0.356 e. The fourth-order valence-corrected chi connectivity index (χ4v) is 12.0. The van der Waals surface area contributed by atoms with Crippen LogP contribution in [0, 0.1) is 20.8 Å². The summed E-state index contributed by atoms with van der Waals surface area (Å²) in [5.74, 6) is 0. The van der Waals surface area contributed by atoms with Crippen molar-refractivity contribution in [2.24, 2.45) is 0 Å². The second-order valence-electron chi connectivity index (χ2n) is 22.0. The van der Waals surface area contributed by atoms with Gasteiger partial charge >= 0.3 is 0 Å². The molecule has 2 nitrogen and oxygen atoms in total. The van der Waals surface area contributed by atoms with Crippen molar-refractivity contribution in [3.8, 4) is 22.3 Å². The molecule has 6 aromatic carbocycles. The Kier molecular flexibility index (Phi) is 8.84. The first kappa shape index (κ1) is 40.0. The highest BCUT2D eigenvalue weighted by Gasteiger charge is 2.46. The summed E-state index contributed by atoms with van der Waals surface area (Å²) >= 11 is 2.04. The number of hydrogen-bond donors (Lipinski definition) is 1. The predicted octanol–water partition coefficient (Wildman–Crippen LogP) is 14.5. The van der Waals surface area contributed by atoms with Crippen LogP contribution in [0.2, 0.25) is 0 Å². The van der Waals surface area contributed by atoms with Gasteiger partial charge in [0.2, 0.25) is 0 Å². The molecule has 0 atom stereocenters. The molecule has 0 saturated carbocycles. The molecule has 0 saturated heterocycles. The van der Waals surface area contributed by atoms with Gasteiger partial charge in [-0.1, -0.05) is 147 Å². The molecule has 61 heavy (non-hydrogen) atoms. The van der Waals surface area contributed by atoms with Gasteiger partial charge < -0.3 is 10.2 Å². The van der Waals surface area contributed by atoms with E-state index in [4.69, 9.17) is 0 Å². The van der Waals surface area contributed by atoms with Crippen LogP contribution in [0.4, 0.5) is 28.4 Å². The van der Waals surface area contributed by atoms with E-state index < -0.39 is 0 Å². The molecule has 7 aromatic rings. The number of fused-ring (bicyclic) bond motifs is 7. The van der Waals surface area contributed by atoms with E-state index in [-0.39, 0.29) is 28.4 Å². The molecular weight excluding hydrogens is 756 g/mol. The minimum atomic E-state index is 0.00972. The standard InChI is InChI=1S/C57H61BN2S/c1-33-14-17-36(18-15-33)40-24-16-34(2)28-41(40)49-35(3)29-47-50-51(49)59-46-25-21-38(55(7,8)9)30-45(46)58(50)53-52(60(47)39-22-19-37(20-23-39)54(4,5)6)42-31-43-44(32-48(42)61-53)57(12,13)27-26-56(43,10)11/h14-25,28-32,59H,26-27H2,1-13H3. The van der Waals surface area contributed by atoms with Crippen molar-refractivity contribution in [1.82, 2.24) is 0 Å². The van der Waals surface area contributed by atoms with E-state index in [1.54, 1.807) is 0 Å². The summed E-state index contributed by atoms with van der Waals surface area (Å²) in [7, 11) is 0. The second kappa shape index (κ2) is 13.5. The highest BCUT2D eigenvalue weighted by Crippen LogP contribution is 2.53. The number of thiophene rings is 1. The van der Waals surface area contributed by atoms with Crippen molar-refractivity contribution in [3.63, 3.8) is 0 Å². The maximum absolute atomic E-state index is 4.18. The number of nitrogens with one attached hydrogen (secondary N) is 1. The van der Waals surface area contributed by atoms with Gasteiger partial charge in [-0.25, -0.2) is 0 Å². The van der Waals surface area contributed by atoms with Crippen LogP contribution in [0.5, 0.6) is 0 Å². The van der Waals surface area contributed by atoms with Gasteiger partial charge in [0.25, 0.3) is 6.71 Å². The first-order valence-corrected chi connectivity index (χ1v) is 23.3. The molecule has 3 heterocycles. The molecule has 0 fully saturated rings. The van der Waals surface area contributed by atoms with Crippen LogP contribution in [0.3, 0.4) is 0 Å². The molecule has 1 aromatic heterocycles. The van der Waals surface area contributed by atoms with E-state index in [2.05, 4.69) is 203 Å². The number of aryl methyl sites for hydroxylation is 3. The SMILES string of the molecule is Cc1ccc(-c2ccc(C)cc2-c2c(C)cc3c4c2Nc2ccc(C(C)(C)C)cc2B4c2sc4cc5c(cc4c2N3c2ccc(C(C)(C)C)cc2)C(C)(C)CCC5(C)C)cc1. The Bertz CT molecular complexity index is 2930. The van der Waals surface area contributed by atoms with Gasteiger partial charge in [0.05, 0.1) is 5.69 Å². The number of benzene rings is 6. The van der Waals surface area contributed by atoms with Crippen LogP contribution in [0.1, 0.15) is 121 Å². The van der Waals surface area contributed by atoms with Gasteiger partial charge in [0.15, 0.2) is 0 Å². The van der Waals surface area contributed by atoms with E-state index in [9.17, 15) is 0 Å². The first-order valence-electron chi connectivity index (χ1n) is 22.5. The summed E-state index contributed by atoms with van der Waals surface area (Å²) in [4.78, 5) is 2.65. The summed E-state index contributed by atoms with van der Waals surface area (Å²) < 4.78 is 2.83. The Labute approximate surface area is 369 Å². The molecule has 0 bridgehead atoms. The quantitative estimate of drug-likeness (QED) is 0.179. The van der Waals surface area contributed by atoms with Crippen molar-refractivity contribution in [1.29, 1.82) is 0 Å². The molecule has 308 valence electrons. The molecule has 10 rings (SSSR count). The minimum absolute atomic E-state index is 0.00972. The van der Waals surface area contributed by atoms with Crippen LogP contribution < -0.4 is 25.9 Å². The molecule has 0 spiro atoms. The lowest BCUT2D eigenvalue weighted by atomic mass is 9.36. The molecule has 2 aliphatic heterocycles. The smallest absolute Gasteiger partial charge is 0.264 e. The lowest BCUT2D eigenvalue weighted by Gasteiger charge is -2.42. The van der Waals surface area contributed by atoms with Crippen molar-refractivity contribution >= 4 is 72.3 Å². The van der Waals surface area contributed by atoms with Gasteiger partial charge in [0.1, 0.15) is 0 Å². The minimum Gasteiger partial charge on any atom is -0.356 e. The van der Waals surface area contributed by atoms with Gasteiger partial charge in [-0.05, 0) is 147 Å². The summed E-state index contributed by atoms with van der Waals surface area (Å²) in [5, 5.41) is 5.56. The van der Waals surface area contributed by atoms with Crippen LogP contribution in [0.25, 0.3) is 32.3 Å². The van der Waals surface area contributed by atoms with E-state index in [0.717, 1.165) is 0 Å². The van der Waals surface area contributed by atoms with E-state index in [1.807, 2.05) is 11.3 Å². The Balaban J connectivity index is 1.33. The average Bonchev–Trinajstić information content (AvgIpc) is 3.57. The van der Waals surface area contributed by atoms with E-state index in [0.29, 0.717) is 0 Å². The Morgan fingerprint density at radius 3 is 1.92 bits per heavy atom. The lowest BCUT2D eigenvalue weighted by molar-refractivity contribution is 0.332. The third-order valence-corrected chi connectivity index (χ3v) is 15.7. The Morgan fingerprint density at radius 2 is 1.26 bits per heavy atom.